The molecule has 2 fully saturated rings. The Morgan fingerprint density at radius 3 is 2.61 bits per heavy atom. The molecule has 154 valence electrons. The highest BCUT2D eigenvalue weighted by atomic mass is 35.5. The number of hydrogen-bond acceptors (Lipinski definition) is 6. The number of ether oxygens (including phenoxy) is 2. The number of amides is 2. The lowest BCUT2D eigenvalue weighted by Gasteiger charge is -2.26. The second-order valence-electron chi connectivity index (χ2n) is 8.20. The van der Waals surface area contributed by atoms with Crippen molar-refractivity contribution in [1.82, 2.24) is 19.8 Å². The molecule has 1 aromatic heterocycles. The van der Waals surface area contributed by atoms with Gasteiger partial charge in [-0.3, -0.25) is 4.79 Å². The first-order chi connectivity index (χ1) is 13.2. The first-order valence-electron chi connectivity index (χ1n) is 9.60. The molecule has 2 aliphatic heterocycles. The first kappa shape index (κ1) is 20.8. The van der Waals surface area contributed by atoms with Crippen molar-refractivity contribution in [2.75, 3.05) is 39.4 Å². The van der Waals surface area contributed by atoms with Gasteiger partial charge in [-0.15, -0.1) is 0 Å². The molecule has 0 aliphatic carbocycles. The van der Waals surface area contributed by atoms with Gasteiger partial charge in [-0.25, -0.2) is 14.8 Å². The molecule has 2 saturated heterocycles. The van der Waals surface area contributed by atoms with Crippen LogP contribution in [0, 0.1) is 5.92 Å². The van der Waals surface area contributed by atoms with E-state index < -0.39 is 5.60 Å². The average molecular weight is 411 g/mol. The van der Waals surface area contributed by atoms with Crippen LogP contribution in [-0.4, -0.2) is 76.8 Å². The number of morpholine rings is 1. The Morgan fingerprint density at radius 1 is 1.21 bits per heavy atom. The van der Waals surface area contributed by atoms with E-state index in [1.165, 1.54) is 0 Å². The van der Waals surface area contributed by atoms with E-state index >= 15 is 0 Å². The van der Waals surface area contributed by atoms with Gasteiger partial charge in [0.25, 0.3) is 5.91 Å². The molecule has 28 heavy (non-hydrogen) atoms. The van der Waals surface area contributed by atoms with Crippen LogP contribution in [0.15, 0.2) is 6.07 Å². The van der Waals surface area contributed by atoms with Gasteiger partial charge in [0.05, 0.1) is 13.2 Å². The van der Waals surface area contributed by atoms with Crippen LogP contribution in [0.1, 0.15) is 43.4 Å². The standard InChI is InChI=1S/C19H27ClN4O4/c1-19(2,3)28-18(26)24-5-4-13(12-24)10-14-11-15(22-17(20)21-14)16(25)23-6-8-27-9-7-23/h11,13H,4-10,12H2,1-3H3. The van der Waals surface area contributed by atoms with Crippen LogP contribution in [-0.2, 0) is 15.9 Å². The quantitative estimate of drug-likeness (QED) is 0.711. The van der Waals surface area contributed by atoms with Crippen LogP contribution in [0.2, 0.25) is 5.28 Å². The average Bonchev–Trinajstić information content (AvgIpc) is 3.08. The lowest BCUT2D eigenvalue weighted by Crippen LogP contribution is -2.41. The maximum atomic E-state index is 12.7. The summed E-state index contributed by atoms with van der Waals surface area (Å²) < 4.78 is 10.7. The number of rotatable bonds is 3. The number of carbonyl (C=O) groups excluding carboxylic acids is 2. The highest BCUT2D eigenvalue weighted by Crippen LogP contribution is 2.23. The third-order valence-electron chi connectivity index (χ3n) is 4.70. The molecule has 0 radical (unpaired) electrons. The summed E-state index contributed by atoms with van der Waals surface area (Å²) >= 11 is 6.07. The van der Waals surface area contributed by atoms with Crippen molar-refractivity contribution in [2.24, 2.45) is 5.92 Å². The molecule has 8 nitrogen and oxygen atoms in total. The fourth-order valence-corrected chi connectivity index (χ4v) is 3.59. The zero-order chi connectivity index (χ0) is 20.3. The fraction of sp³-hybridized carbons (Fsp3) is 0.684. The molecule has 0 spiro atoms. The Morgan fingerprint density at radius 2 is 1.93 bits per heavy atom. The van der Waals surface area contributed by atoms with Gasteiger partial charge in [-0.05, 0) is 57.2 Å². The maximum Gasteiger partial charge on any atom is 0.410 e. The zero-order valence-electron chi connectivity index (χ0n) is 16.6. The Balaban J connectivity index is 1.62. The van der Waals surface area contributed by atoms with Crippen LogP contribution in [0.25, 0.3) is 0 Å². The highest BCUT2D eigenvalue weighted by molar-refractivity contribution is 6.28. The summed E-state index contributed by atoms with van der Waals surface area (Å²) in [6.45, 7) is 8.96. The Bertz CT molecular complexity index is 731. The Hall–Kier alpha value is -1.93. The summed E-state index contributed by atoms with van der Waals surface area (Å²) in [5, 5.41) is 0.0658. The minimum absolute atomic E-state index is 0.0658. The summed E-state index contributed by atoms with van der Waals surface area (Å²) in [5.41, 5.74) is 0.510. The van der Waals surface area contributed by atoms with Crippen LogP contribution in [0.5, 0.6) is 0 Å². The van der Waals surface area contributed by atoms with Gasteiger partial charge in [-0.1, -0.05) is 0 Å². The van der Waals surface area contributed by atoms with Crippen LogP contribution in [0.3, 0.4) is 0 Å². The zero-order valence-corrected chi connectivity index (χ0v) is 17.4. The van der Waals surface area contributed by atoms with Gasteiger partial charge < -0.3 is 19.3 Å². The van der Waals surface area contributed by atoms with Crippen LogP contribution >= 0.6 is 11.6 Å². The van der Waals surface area contributed by atoms with Gasteiger partial charge in [0.1, 0.15) is 11.3 Å². The summed E-state index contributed by atoms with van der Waals surface area (Å²) in [4.78, 5) is 36.7. The molecule has 1 aromatic rings. The van der Waals surface area contributed by atoms with Crippen molar-refractivity contribution < 1.29 is 19.1 Å². The summed E-state index contributed by atoms with van der Waals surface area (Å²) in [6, 6.07) is 1.71. The van der Waals surface area contributed by atoms with E-state index in [1.807, 2.05) is 20.8 Å². The first-order valence-corrected chi connectivity index (χ1v) is 9.97. The van der Waals surface area contributed by atoms with Crippen molar-refractivity contribution in [2.45, 2.75) is 39.2 Å². The van der Waals surface area contributed by atoms with Gasteiger partial charge in [0.2, 0.25) is 5.28 Å². The minimum Gasteiger partial charge on any atom is -0.444 e. The molecule has 1 atom stereocenters. The molecule has 0 aromatic carbocycles. The second-order valence-corrected chi connectivity index (χ2v) is 8.54. The minimum atomic E-state index is -0.510. The molecule has 0 bridgehead atoms. The number of halogens is 1. The van der Waals surface area contributed by atoms with E-state index in [-0.39, 0.29) is 23.2 Å². The van der Waals surface area contributed by atoms with Crippen LogP contribution < -0.4 is 0 Å². The van der Waals surface area contributed by atoms with E-state index in [4.69, 9.17) is 21.1 Å². The van der Waals surface area contributed by atoms with Crippen molar-refractivity contribution in [3.8, 4) is 0 Å². The smallest absolute Gasteiger partial charge is 0.410 e. The van der Waals surface area contributed by atoms with Crippen molar-refractivity contribution in [3.05, 3.63) is 22.7 Å². The van der Waals surface area contributed by atoms with Crippen molar-refractivity contribution >= 4 is 23.6 Å². The Labute approximate surface area is 170 Å². The molecule has 1 unspecified atom stereocenters. The van der Waals surface area contributed by atoms with E-state index in [0.29, 0.717) is 57.2 Å². The van der Waals surface area contributed by atoms with Crippen LogP contribution in [0.4, 0.5) is 4.79 Å². The molecule has 3 heterocycles. The largest absolute Gasteiger partial charge is 0.444 e. The molecule has 0 saturated carbocycles. The maximum absolute atomic E-state index is 12.7. The molecule has 2 amide bonds. The van der Waals surface area contributed by atoms with Gasteiger partial charge in [0.15, 0.2) is 0 Å². The Kier molecular flexibility index (Phi) is 6.40. The van der Waals surface area contributed by atoms with Gasteiger partial charge in [0, 0.05) is 31.9 Å². The molecule has 0 N–H and O–H groups in total. The third-order valence-corrected chi connectivity index (χ3v) is 4.87. The topological polar surface area (TPSA) is 84.9 Å². The number of hydrogen-bond donors (Lipinski definition) is 0. The lowest BCUT2D eigenvalue weighted by atomic mass is 10.0. The molecule has 9 heteroatoms. The molecular formula is C19H27ClN4O4. The third kappa shape index (κ3) is 5.54. The second kappa shape index (κ2) is 8.61. The molecule has 2 aliphatic rings. The lowest BCUT2D eigenvalue weighted by molar-refractivity contribution is 0.0287. The summed E-state index contributed by atoms with van der Waals surface area (Å²) in [6.07, 6.45) is 1.19. The molecular weight excluding hydrogens is 384 g/mol. The molecule has 3 rings (SSSR count). The predicted molar refractivity (Wildman–Crippen MR) is 103 cm³/mol. The predicted octanol–water partition coefficient (Wildman–Crippen LogP) is 2.40. The fourth-order valence-electron chi connectivity index (χ4n) is 3.40. The normalized spacial score (nSPS) is 20.4. The SMILES string of the molecule is CC(C)(C)OC(=O)N1CCC(Cc2cc(C(=O)N3CCOCC3)nc(Cl)n2)C1. The van der Waals surface area contributed by atoms with E-state index in [1.54, 1.807) is 15.9 Å². The monoisotopic (exact) mass is 410 g/mol. The number of likely N-dealkylation sites (tertiary alicyclic amines) is 1. The van der Waals surface area contributed by atoms with Gasteiger partial charge >= 0.3 is 6.09 Å². The highest BCUT2D eigenvalue weighted by Gasteiger charge is 2.30. The van der Waals surface area contributed by atoms with E-state index in [9.17, 15) is 9.59 Å². The van der Waals surface area contributed by atoms with Crippen molar-refractivity contribution in [1.29, 1.82) is 0 Å². The number of aromatic nitrogens is 2. The number of nitrogens with zero attached hydrogens (tertiary/aromatic N) is 4. The van der Waals surface area contributed by atoms with E-state index in [0.717, 1.165) is 6.42 Å². The number of carbonyl (C=O) groups is 2. The van der Waals surface area contributed by atoms with E-state index in [2.05, 4.69) is 9.97 Å². The summed E-state index contributed by atoms with van der Waals surface area (Å²) in [5.74, 6) is 0.0838. The van der Waals surface area contributed by atoms with Gasteiger partial charge in [-0.2, -0.15) is 0 Å². The van der Waals surface area contributed by atoms with Crippen molar-refractivity contribution in [3.63, 3.8) is 0 Å². The summed E-state index contributed by atoms with van der Waals surface area (Å²) in [7, 11) is 0.